The summed E-state index contributed by atoms with van der Waals surface area (Å²) in [7, 11) is 0. The van der Waals surface area contributed by atoms with Crippen LogP contribution in [0.5, 0.6) is 0 Å². The number of hydrogen-bond donors (Lipinski definition) is 2. The minimum absolute atomic E-state index is 0.0127. The van der Waals surface area contributed by atoms with Crippen LogP contribution in [0.25, 0.3) is 0 Å². The van der Waals surface area contributed by atoms with Gasteiger partial charge in [0.05, 0.1) is 0 Å². The molecule has 2 aromatic rings. The van der Waals surface area contributed by atoms with Crippen LogP contribution in [0.2, 0.25) is 5.02 Å². The highest BCUT2D eigenvalue weighted by Crippen LogP contribution is 2.24. The van der Waals surface area contributed by atoms with E-state index in [4.69, 9.17) is 11.6 Å². The molecule has 0 aliphatic heterocycles. The number of anilines is 1. The number of benzene rings is 2. The van der Waals surface area contributed by atoms with Gasteiger partial charge >= 0.3 is 0 Å². The van der Waals surface area contributed by atoms with Gasteiger partial charge in [0.15, 0.2) is 6.54 Å². The van der Waals surface area contributed by atoms with Crippen LogP contribution < -0.4 is 10.6 Å². The molecule has 0 aliphatic rings. The summed E-state index contributed by atoms with van der Waals surface area (Å²) in [6.45, 7) is 5.38. The average Bonchev–Trinajstić information content (AvgIpc) is 2.51. The second kappa shape index (κ2) is 8.96. The van der Waals surface area contributed by atoms with Crippen molar-refractivity contribution in [3.63, 3.8) is 0 Å². The lowest BCUT2D eigenvalue weighted by molar-refractivity contribution is -0.659. The van der Waals surface area contributed by atoms with Crippen molar-refractivity contribution in [3.8, 4) is 0 Å². The van der Waals surface area contributed by atoms with Gasteiger partial charge in [0, 0.05) is 26.4 Å². The lowest BCUT2D eigenvalue weighted by atomic mass is 10.2. The number of carbonyl (C=O) groups is 1. The van der Waals surface area contributed by atoms with Crippen LogP contribution in [-0.2, 0) is 11.3 Å². The molecule has 0 aromatic heterocycles. The maximum atomic E-state index is 12.0. The molecule has 0 saturated carbocycles. The highest BCUT2D eigenvalue weighted by atomic mass is 35.5. The predicted octanol–water partition coefficient (Wildman–Crippen LogP) is 3.54. The molecule has 2 aromatic carbocycles. The molecule has 3 N–H and O–H groups in total. The molecular weight excluding hydrogens is 328 g/mol. The van der Waals surface area contributed by atoms with Crippen LogP contribution in [0.1, 0.15) is 19.4 Å². The van der Waals surface area contributed by atoms with Gasteiger partial charge in [-0.15, -0.1) is 11.8 Å². The topological polar surface area (TPSA) is 45.7 Å². The number of nitrogens with two attached hydrogens (primary N) is 1. The highest BCUT2D eigenvalue weighted by Gasteiger charge is 2.07. The average molecular weight is 350 g/mol. The molecule has 1 amide bonds. The minimum Gasteiger partial charge on any atom is -0.335 e. The first-order valence-corrected chi connectivity index (χ1v) is 8.92. The summed E-state index contributed by atoms with van der Waals surface area (Å²) in [5.41, 5.74) is 1.87. The van der Waals surface area contributed by atoms with Crippen molar-refractivity contribution >= 4 is 35.0 Å². The van der Waals surface area contributed by atoms with Crippen LogP contribution >= 0.6 is 23.4 Å². The van der Waals surface area contributed by atoms with E-state index in [1.54, 1.807) is 0 Å². The molecule has 0 bridgehead atoms. The van der Waals surface area contributed by atoms with Gasteiger partial charge in [0.1, 0.15) is 6.54 Å². The van der Waals surface area contributed by atoms with Crippen LogP contribution in [0, 0.1) is 0 Å². The molecule has 0 fully saturated rings. The summed E-state index contributed by atoms with van der Waals surface area (Å²) in [5.74, 6) is -0.0127. The second-order valence-electron chi connectivity index (χ2n) is 5.53. The van der Waals surface area contributed by atoms with Crippen molar-refractivity contribution in [1.29, 1.82) is 0 Å². The maximum Gasteiger partial charge on any atom is 0.279 e. The maximum absolute atomic E-state index is 12.0. The molecule has 0 saturated heterocycles. The van der Waals surface area contributed by atoms with E-state index in [1.165, 1.54) is 4.90 Å². The molecule has 0 unspecified atom stereocenters. The first-order valence-electron chi connectivity index (χ1n) is 7.66. The number of hydrogen-bond acceptors (Lipinski definition) is 2. The molecule has 0 atom stereocenters. The van der Waals surface area contributed by atoms with Crippen LogP contribution in [-0.4, -0.2) is 17.7 Å². The van der Waals surface area contributed by atoms with Crippen LogP contribution in [0.4, 0.5) is 5.69 Å². The van der Waals surface area contributed by atoms with Gasteiger partial charge in [-0.05, 0) is 30.3 Å². The Labute approximate surface area is 146 Å². The van der Waals surface area contributed by atoms with Crippen LogP contribution in [0.15, 0.2) is 53.4 Å². The molecule has 5 heteroatoms. The van der Waals surface area contributed by atoms with Crippen molar-refractivity contribution in [2.24, 2.45) is 0 Å². The lowest BCUT2D eigenvalue weighted by Crippen LogP contribution is -2.84. The predicted molar refractivity (Wildman–Crippen MR) is 98.0 cm³/mol. The largest absolute Gasteiger partial charge is 0.335 e. The molecule has 3 nitrogen and oxygen atoms in total. The van der Waals surface area contributed by atoms with E-state index in [-0.39, 0.29) is 5.91 Å². The Kier molecular flexibility index (Phi) is 6.96. The molecule has 0 aliphatic carbocycles. The van der Waals surface area contributed by atoms with Crippen molar-refractivity contribution in [2.75, 3.05) is 11.9 Å². The molecule has 23 heavy (non-hydrogen) atoms. The summed E-state index contributed by atoms with van der Waals surface area (Å²) in [4.78, 5) is 13.2. The summed E-state index contributed by atoms with van der Waals surface area (Å²) < 4.78 is 0. The summed E-state index contributed by atoms with van der Waals surface area (Å²) >= 11 is 7.90. The van der Waals surface area contributed by atoms with E-state index in [9.17, 15) is 4.79 Å². The Morgan fingerprint density at radius 2 is 1.87 bits per heavy atom. The van der Waals surface area contributed by atoms with E-state index in [2.05, 4.69) is 19.2 Å². The van der Waals surface area contributed by atoms with E-state index >= 15 is 0 Å². The Morgan fingerprint density at radius 1 is 1.17 bits per heavy atom. The molecule has 0 radical (unpaired) electrons. The lowest BCUT2D eigenvalue weighted by Gasteiger charge is -2.08. The SMILES string of the molecule is CC(C)Sc1ccc(NC(=O)C[NH2+]Cc2ccccc2Cl)cc1. The first kappa shape index (κ1) is 17.9. The molecule has 2 rings (SSSR count). The minimum atomic E-state index is -0.0127. The van der Waals surface area contributed by atoms with E-state index in [0.717, 1.165) is 16.3 Å². The summed E-state index contributed by atoms with van der Waals surface area (Å²) in [6, 6.07) is 15.6. The number of carbonyl (C=O) groups excluding carboxylic acids is 1. The van der Waals surface area contributed by atoms with E-state index < -0.39 is 0 Å². The Bertz CT molecular complexity index is 644. The summed E-state index contributed by atoms with van der Waals surface area (Å²) in [6.07, 6.45) is 0. The first-order chi connectivity index (χ1) is 11.0. The van der Waals surface area contributed by atoms with Crippen molar-refractivity contribution in [2.45, 2.75) is 30.5 Å². The Hall–Kier alpha value is -1.49. The number of amides is 1. The standard InChI is InChI=1S/C18H21ClN2OS/c1-13(2)23-16-9-7-15(8-10-16)21-18(22)12-20-11-14-5-3-4-6-17(14)19/h3-10,13,20H,11-12H2,1-2H3,(H,21,22)/p+1. The fourth-order valence-corrected chi connectivity index (χ4v) is 3.17. The number of nitrogens with one attached hydrogen (secondary N) is 1. The van der Waals surface area contributed by atoms with Crippen molar-refractivity contribution < 1.29 is 10.1 Å². The smallest absolute Gasteiger partial charge is 0.279 e. The molecule has 0 heterocycles. The molecular formula is C18H22ClN2OS+. The van der Waals surface area contributed by atoms with Gasteiger partial charge in [0.25, 0.3) is 5.91 Å². The Balaban J connectivity index is 1.77. The number of halogens is 1. The van der Waals surface area contributed by atoms with Gasteiger partial charge in [-0.1, -0.05) is 43.6 Å². The van der Waals surface area contributed by atoms with Crippen molar-refractivity contribution in [1.82, 2.24) is 0 Å². The van der Waals surface area contributed by atoms with Gasteiger partial charge in [-0.3, -0.25) is 4.79 Å². The quantitative estimate of drug-likeness (QED) is 0.751. The van der Waals surface area contributed by atoms with Crippen molar-refractivity contribution in [3.05, 3.63) is 59.1 Å². The molecule has 122 valence electrons. The van der Waals surface area contributed by atoms with Crippen LogP contribution in [0.3, 0.4) is 0 Å². The second-order valence-corrected chi connectivity index (χ2v) is 7.58. The van der Waals surface area contributed by atoms with Gasteiger partial charge in [0.2, 0.25) is 0 Å². The normalized spacial score (nSPS) is 10.8. The molecule has 0 spiro atoms. The van der Waals surface area contributed by atoms with E-state index in [0.29, 0.717) is 18.3 Å². The fourth-order valence-electron chi connectivity index (χ4n) is 2.12. The van der Waals surface area contributed by atoms with Gasteiger partial charge < -0.3 is 10.6 Å². The van der Waals surface area contributed by atoms with Gasteiger partial charge in [-0.2, -0.15) is 0 Å². The number of rotatable bonds is 7. The fraction of sp³-hybridized carbons (Fsp3) is 0.278. The van der Waals surface area contributed by atoms with Gasteiger partial charge in [-0.25, -0.2) is 0 Å². The zero-order valence-electron chi connectivity index (χ0n) is 13.4. The van der Waals surface area contributed by atoms with E-state index in [1.807, 2.05) is 65.6 Å². The number of quaternary nitrogens is 1. The third kappa shape index (κ3) is 6.26. The zero-order chi connectivity index (χ0) is 16.7. The Morgan fingerprint density at radius 3 is 2.52 bits per heavy atom. The third-order valence-electron chi connectivity index (χ3n) is 3.16. The third-order valence-corrected chi connectivity index (χ3v) is 4.55. The monoisotopic (exact) mass is 349 g/mol. The number of thioether (sulfide) groups is 1. The zero-order valence-corrected chi connectivity index (χ0v) is 15.0. The summed E-state index contributed by atoms with van der Waals surface area (Å²) in [5, 5.41) is 6.14. The highest BCUT2D eigenvalue weighted by molar-refractivity contribution is 7.99.